The molecule has 10 nitrogen and oxygen atoms in total. The Morgan fingerprint density at radius 1 is 1.02 bits per heavy atom. The zero-order chi connectivity index (χ0) is 29.1. The maximum absolute atomic E-state index is 14.1. The van der Waals surface area contributed by atoms with Gasteiger partial charge in [0.1, 0.15) is 5.75 Å². The summed E-state index contributed by atoms with van der Waals surface area (Å²) in [6, 6.07) is 12.7. The Bertz CT molecular complexity index is 1410. The summed E-state index contributed by atoms with van der Waals surface area (Å²) in [7, 11) is 2.93. The van der Waals surface area contributed by atoms with Gasteiger partial charge in [0.2, 0.25) is 5.91 Å². The van der Waals surface area contributed by atoms with E-state index >= 15 is 0 Å². The Morgan fingerprint density at radius 2 is 1.70 bits per heavy atom. The van der Waals surface area contributed by atoms with Gasteiger partial charge in [-0.05, 0) is 31.3 Å². The lowest BCUT2D eigenvalue weighted by molar-refractivity contribution is -0.196. The first-order valence-electron chi connectivity index (χ1n) is 12.9. The molecule has 2 fully saturated rings. The smallest absolute Gasteiger partial charge is 0.235 e. The molecule has 0 saturated heterocycles. The van der Waals surface area contributed by atoms with Gasteiger partial charge in [-0.15, -0.1) is 0 Å². The summed E-state index contributed by atoms with van der Waals surface area (Å²) in [5, 5.41) is 34.3. The quantitative estimate of drug-likeness (QED) is 0.356. The molecule has 1 amide bonds. The van der Waals surface area contributed by atoms with Crippen LogP contribution < -0.4 is 5.73 Å². The number of aliphatic hydroxyl groups is 2. The van der Waals surface area contributed by atoms with E-state index in [1.54, 1.807) is 12.1 Å². The zero-order valence-corrected chi connectivity index (χ0v) is 22.7. The number of carbonyl (C=O) groups excluding carboxylic acids is 5. The molecule has 0 aromatic heterocycles. The van der Waals surface area contributed by atoms with Gasteiger partial charge in [0.25, 0.3) is 0 Å². The van der Waals surface area contributed by atoms with Gasteiger partial charge in [-0.25, -0.2) is 0 Å². The molecule has 0 heterocycles. The van der Waals surface area contributed by atoms with Crippen LogP contribution in [0.1, 0.15) is 27.4 Å². The highest BCUT2D eigenvalue weighted by molar-refractivity contribution is 7.98. The summed E-state index contributed by atoms with van der Waals surface area (Å²) in [6.07, 6.45) is -1.66. The maximum Gasteiger partial charge on any atom is 0.235 e. The van der Waals surface area contributed by atoms with Crippen molar-refractivity contribution < 1.29 is 39.3 Å². The van der Waals surface area contributed by atoms with Crippen LogP contribution in [-0.4, -0.2) is 86.9 Å². The predicted molar refractivity (Wildman–Crippen MR) is 144 cm³/mol. The third-order valence-corrected chi connectivity index (χ3v) is 9.69. The molecule has 3 aliphatic rings. The molecule has 2 aromatic carbocycles. The molecule has 210 valence electrons. The number of nitrogens with two attached hydrogens (primary N) is 1. The number of fused-ring (bicyclic) bond motifs is 3. The average molecular weight is 567 g/mol. The minimum atomic E-state index is -3.01. The van der Waals surface area contributed by atoms with Crippen molar-refractivity contribution in [1.82, 2.24) is 4.90 Å². The van der Waals surface area contributed by atoms with Crippen LogP contribution in [0.25, 0.3) is 0 Å². The predicted octanol–water partition coefficient (Wildman–Crippen LogP) is 0.312. The van der Waals surface area contributed by atoms with Gasteiger partial charge in [-0.3, -0.25) is 28.9 Å². The van der Waals surface area contributed by atoms with Gasteiger partial charge in [0.05, 0.1) is 29.5 Å². The largest absolute Gasteiger partial charge is 0.507 e. The Kier molecular flexibility index (Phi) is 7.20. The van der Waals surface area contributed by atoms with E-state index in [2.05, 4.69) is 0 Å². The van der Waals surface area contributed by atoms with Gasteiger partial charge < -0.3 is 21.1 Å². The molecule has 0 aliphatic heterocycles. The van der Waals surface area contributed by atoms with Crippen LogP contribution >= 0.6 is 11.8 Å². The van der Waals surface area contributed by atoms with Crippen molar-refractivity contribution in [2.24, 2.45) is 29.4 Å². The Morgan fingerprint density at radius 3 is 2.33 bits per heavy atom. The normalized spacial score (nSPS) is 33.4. The van der Waals surface area contributed by atoms with E-state index < -0.39 is 76.4 Å². The number of rotatable bonds is 6. The molecule has 3 unspecified atom stereocenters. The number of Topliss-reactive ketones (excluding diaryl/α,β-unsaturated/α-hetero) is 4. The van der Waals surface area contributed by atoms with Crippen molar-refractivity contribution in [3.8, 4) is 5.75 Å². The van der Waals surface area contributed by atoms with Gasteiger partial charge in [-0.2, -0.15) is 11.8 Å². The summed E-state index contributed by atoms with van der Waals surface area (Å²) in [6.45, 7) is 0. The van der Waals surface area contributed by atoms with Crippen molar-refractivity contribution in [2.45, 2.75) is 29.4 Å². The number of aliphatic hydroxyl groups excluding tert-OH is 1. The molecule has 2 aromatic rings. The summed E-state index contributed by atoms with van der Waals surface area (Å²) >= 11 is 1.50. The fourth-order valence-electron chi connectivity index (χ4n) is 6.84. The van der Waals surface area contributed by atoms with E-state index in [-0.39, 0.29) is 11.3 Å². The van der Waals surface area contributed by atoms with Crippen LogP contribution in [-0.2, 0) is 24.9 Å². The number of nitrogens with zero attached hydrogens (tertiary/aromatic N) is 1. The lowest BCUT2D eigenvalue weighted by Gasteiger charge is -2.56. The number of likely N-dealkylation sites (N-methyl/N-ethyl adjacent to an activating group) is 1. The molecule has 8 atom stereocenters. The standard InChI is InChI=1S/C29H30N2O8S/c1-31(2)22-21-24(34)18-15(12-40-11-13-7-4-3-5-8-13)14-9-6-10-16(32)17(14)23(33)19(18)26(36)29(21,39)27(37)20(25(22)35)28(30)38/h3-10,15,18-22,24,32,34,39H,11-12H2,1-2H3,(H2,30,38)/t15?,18-,19?,20?,21-,22+,24+,29+/m1/s1. The summed E-state index contributed by atoms with van der Waals surface area (Å²) in [5.74, 6) is -12.3. The second-order valence-corrected chi connectivity index (χ2v) is 12.0. The van der Waals surface area contributed by atoms with E-state index in [0.29, 0.717) is 17.1 Å². The number of carbonyl (C=O) groups is 5. The van der Waals surface area contributed by atoms with Gasteiger partial charge in [0.15, 0.2) is 34.7 Å². The Hall–Kier alpha value is -3.38. The number of primary amides is 1. The number of aromatic hydroxyl groups is 1. The highest BCUT2D eigenvalue weighted by Crippen LogP contribution is 2.55. The topological polar surface area (TPSA) is 175 Å². The molecular formula is C29H30N2O8S. The average Bonchev–Trinajstić information content (AvgIpc) is 2.90. The molecule has 5 rings (SSSR count). The van der Waals surface area contributed by atoms with Crippen LogP contribution in [0.15, 0.2) is 48.5 Å². The van der Waals surface area contributed by atoms with Crippen LogP contribution in [0.2, 0.25) is 0 Å². The van der Waals surface area contributed by atoms with Crippen LogP contribution in [0.5, 0.6) is 5.75 Å². The highest BCUT2D eigenvalue weighted by atomic mass is 32.2. The van der Waals surface area contributed by atoms with Crippen molar-refractivity contribution >= 4 is 40.8 Å². The van der Waals surface area contributed by atoms with Crippen LogP contribution in [0.4, 0.5) is 0 Å². The molecule has 40 heavy (non-hydrogen) atoms. The molecule has 11 heteroatoms. The molecule has 3 aliphatic carbocycles. The van der Waals surface area contributed by atoms with Crippen LogP contribution in [0, 0.1) is 23.7 Å². The first-order valence-corrected chi connectivity index (χ1v) is 14.0. The Labute approximate surface area is 234 Å². The van der Waals surface area contributed by atoms with E-state index in [1.807, 2.05) is 30.3 Å². The molecule has 0 radical (unpaired) electrons. The number of ketones is 4. The van der Waals surface area contributed by atoms with E-state index in [4.69, 9.17) is 5.73 Å². The Balaban J connectivity index is 1.64. The summed E-state index contributed by atoms with van der Waals surface area (Å²) in [5.41, 5.74) is 3.71. The van der Waals surface area contributed by atoms with Crippen molar-refractivity contribution in [3.63, 3.8) is 0 Å². The number of thioether (sulfide) groups is 1. The molecule has 2 saturated carbocycles. The number of phenols is 1. The molecule has 0 spiro atoms. The van der Waals surface area contributed by atoms with E-state index in [0.717, 1.165) is 5.56 Å². The number of hydrogen-bond acceptors (Lipinski definition) is 10. The highest BCUT2D eigenvalue weighted by Gasteiger charge is 2.73. The first-order chi connectivity index (χ1) is 18.9. The molecular weight excluding hydrogens is 536 g/mol. The van der Waals surface area contributed by atoms with E-state index in [9.17, 15) is 39.3 Å². The fourth-order valence-corrected chi connectivity index (χ4v) is 8.05. The second-order valence-electron chi connectivity index (χ2n) is 10.9. The van der Waals surface area contributed by atoms with Gasteiger partial charge in [0, 0.05) is 23.3 Å². The maximum atomic E-state index is 14.1. The lowest BCUT2D eigenvalue weighted by atomic mass is 9.49. The number of phenolic OH excluding ortho intramolecular Hbond substituents is 1. The van der Waals surface area contributed by atoms with Crippen molar-refractivity contribution in [2.75, 3.05) is 19.8 Å². The molecule has 5 N–H and O–H groups in total. The monoisotopic (exact) mass is 566 g/mol. The fraction of sp³-hybridized carbons (Fsp3) is 0.414. The van der Waals surface area contributed by atoms with E-state index in [1.165, 1.54) is 36.8 Å². The van der Waals surface area contributed by atoms with Crippen molar-refractivity contribution in [1.29, 1.82) is 0 Å². The third-order valence-electron chi connectivity index (χ3n) is 8.56. The number of hydrogen-bond donors (Lipinski definition) is 4. The minimum absolute atomic E-state index is 0.105. The first kappa shape index (κ1) is 28.2. The zero-order valence-electron chi connectivity index (χ0n) is 21.9. The third kappa shape index (κ3) is 4.02. The summed E-state index contributed by atoms with van der Waals surface area (Å²) in [4.78, 5) is 68.2. The number of benzene rings is 2. The second kappa shape index (κ2) is 10.2. The molecule has 0 bridgehead atoms. The minimum Gasteiger partial charge on any atom is -0.507 e. The van der Waals surface area contributed by atoms with Crippen LogP contribution in [0.3, 0.4) is 0 Å². The number of amides is 1. The lowest BCUT2D eigenvalue weighted by Crippen LogP contribution is -2.77. The SMILES string of the molecule is CN(C)[C@@H]1C(=O)C(C(N)=O)C(=O)[C@@]2(O)C(=O)C3C(=O)c4c(O)cccc4C(CSCc4ccccc4)[C@H]3[C@H](O)[C@@H]12. The van der Waals surface area contributed by atoms with Gasteiger partial charge in [-0.1, -0.05) is 42.5 Å². The van der Waals surface area contributed by atoms with Gasteiger partial charge >= 0.3 is 0 Å². The van der Waals surface area contributed by atoms with Crippen molar-refractivity contribution in [3.05, 3.63) is 65.2 Å². The summed E-state index contributed by atoms with van der Waals surface area (Å²) < 4.78 is 0.